The summed E-state index contributed by atoms with van der Waals surface area (Å²) in [5.41, 5.74) is 0. The Labute approximate surface area is 63.1 Å². The Morgan fingerprint density at radius 3 is 2.43 bits per heavy atom. The first-order valence-electron chi connectivity index (χ1n) is 2.05. The van der Waals surface area contributed by atoms with Gasteiger partial charge >= 0.3 is 0 Å². The number of alkyl halides is 1. The van der Waals surface area contributed by atoms with Gasteiger partial charge in [-0.1, -0.05) is 0 Å². The zero-order valence-electron chi connectivity index (χ0n) is 4.48. The van der Waals surface area contributed by atoms with E-state index in [1.54, 1.807) is 0 Å². The van der Waals surface area contributed by atoms with Gasteiger partial charge in [0, 0.05) is 32.7 Å². The van der Waals surface area contributed by atoms with E-state index >= 15 is 0 Å². The van der Waals surface area contributed by atoms with Crippen LogP contribution in [0.25, 0.3) is 0 Å². The van der Waals surface area contributed by atoms with Crippen molar-refractivity contribution >= 4 is 29.0 Å². The molecule has 0 aromatic carbocycles. The second-order valence-corrected chi connectivity index (χ2v) is 1.26. The molecule has 3 heteroatoms. The Bertz CT molecular complexity index is 30.5. The fourth-order valence-corrected chi connectivity index (χ4v) is 0.308. The van der Waals surface area contributed by atoms with Crippen LogP contribution in [-0.4, -0.2) is 36.5 Å². The molecular formula is C4H13AlClO. The zero-order valence-corrected chi connectivity index (χ0v) is 6.40. The van der Waals surface area contributed by atoms with Gasteiger partial charge in [0.05, 0.1) is 6.61 Å². The summed E-state index contributed by atoms with van der Waals surface area (Å²) >= 11 is 5.26. The molecule has 0 aliphatic heterocycles. The van der Waals surface area contributed by atoms with Gasteiger partial charge in [0.1, 0.15) is 0 Å². The SMILES string of the molecule is CCOCCCl.[Al].[HH].[HH]. The van der Waals surface area contributed by atoms with Gasteiger partial charge < -0.3 is 4.74 Å². The van der Waals surface area contributed by atoms with Gasteiger partial charge in [-0.2, -0.15) is 0 Å². The van der Waals surface area contributed by atoms with Crippen molar-refractivity contribution in [2.75, 3.05) is 19.1 Å². The van der Waals surface area contributed by atoms with Gasteiger partial charge in [-0.15, -0.1) is 11.6 Å². The summed E-state index contributed by atoms with van der Waals surface area (Å²) in [5, 5.41) is 0. The maximum Gasteiger partial charge on any atom is 0.0601 e. The highest BCUT2D eigenvalue weighted by atomic mass is 35.5. The molecule has 0 atom stereocenters. The minimum atomic E-state index is 0. The Balaban J connectivity index is -0.0000000417. The predicted octanol–water partition coefficient (Wildman–Crippen LogP) is 1.37. The van der Waals surface area contributed by atoms with E-state index in [1.807, 2.05) is 6.92 Å². The van der Waals surface area contributed by atoms with Crippen LogP contribution in [0.2, 0.25) is 0 Å². The molecule has 0 saturated carbocycles. The third-order valence-electron chi connectivity index (χ3n) is 0.426. The average molecular weight is 140 g/mol. The van der Waals surface area contributed by atoms with Gasteiger partial charge in [-0.3, -0.25) is 0 Å². The minimum absolute atomic E-state index is 0. The third kappa shape index (κ3) is 10.8. The summed E-state index contributed by atoms with van der Waals surface area (Å²) < 4.78 is 4.85. The Morgan fingerprint density at radius 1 is 1.71 bits per heavy atom. The lowest BCUT2D eigenvalue weighted by Crippen LogP contribution is -1.92. The molecule has 7 heavy (non-hydrogen) atoms. The summed E-state index contributed by atoms with van der Waals surface area (Å²) in [4.78, 5) is 0. The van der Waals surface area contributed by atoms with Crippen molar-refractivity contribution in [3.8, 4) is 0 Å². The highest BCUT2D eigenvalue weighted by molar-refractivity contribution is 6.17. The Morgan fingerprint density at radius 2 is 2.29 bits per heavy atom. The zero-order chi connectivity index (χ0) is 4.83. The van der Waals surface area contributed by atoms with Crippen LogP contribution in [0.15, 0.2) is 0 Å². The minimum Gasteiger partial charge on any atom is -0.381 e. The normalized spacial score (nSPS) is 7.71. The molecular weight excluding hydrogens is 126 g/mol. The molecule has 0 fully saturated rings. The van der Waals surface area contributed by atoms with Gasteiger partial charge in [0.2, 0.25) is 0 Å². The highest BCUT2D eigenvalue weighted by Gasteiger charge is 1.74. The van der Waals surface area contributed by atoms with E-state index in [0.717, 1.165) is 6.61 Å². The van der Waals surface area contributed by atoms with Crippen LogP contribution in [0, 0.1) is 0 Å². The summed E-state index contributed by atoms with van der Waals surface area (Å²) in [6.45, 7) is 3.40. The summed E-state index contributed by atoms with van der Waals surface area (Å²) in [6, 6.07) is 0. The van der Waals surface area contributed by atoms with E-state index in [0.29, 0.717) is 12.5 Å². The monoisotopic (exact) mass is 139 g/mol. The second-order valence-electron chi connectivity index (χ2n) is 0.886. The number of rotatable bonds is 3. The van der Waals surface area contributed by atoms with Crippen molar-refractivity contribution in [3.05, 3.63) is 0 Å². The Hall–Kier alpha value is 0.782. The van der Waals surface area contributed by atoms with Gasteiger partial charge in [0.15, 0.2) is 0 Å². The van der Waals surface area contributed by atoms with E-state index in [-0.39, 0.29) is 20.2 Å². The van der Waals surface area contributed by atoms with Gasteiger partial charge in [-0.05, 0) is 6.92 Å². The van der Waals surface area contributed by atoms with E-state index < -0.39 is 0 Å². The highest BCUT2D eigenvalue weighted by Crippen LogP contribution is 1.75. The lowest BCUT2D eigenvalue weighted by molar-refractivity contribution is 0.164. The van der Waals surface area contributed by atoms with E-state index in [1.165, 1.54) is 0 Å². The standard InChI is InChI=1S/C4H9ClO.Al.2H2/c1-2-6-4-3-5;;;/h2-4H2,1H3;;2*1H. The van der Waals surface area contributed by atoms with Crippen LogP contribution in [0.5, 0.6) is 0 Å². The van der Waals surface area contributed by atoms with Crippen LogP contribution in [-0.2, 0) is 4.74 Å². The molecule has 0 aromatic heterocycles. The third-order valence-corrected chi connectivity index (χ3v) is 0.580. The van der Waals surface area contributed by atoms with Crippen LogP contribution < -0.4 is 0 Å². The van der Waals surface area contributed by atoms with Crippen molar-refractivity contribution in [2.45, 2.75) is 6.92 Å². The topological polar surface area (TPSA) is 9.23 Å². The smallest absolute Gasteiger partial charge is 0.0601 e. The molecule has 0 rings (SSSR count). The first-order valence-corrected chi connectivity index (χ1v) is 2.59. The molecule has 0 saturated heterocycles. The van der Waals surface area contributed by atoms with Crippen molar-refractivity contribution in [1.29, 1.82) is 0 Å². The molecule has 0 spiro atoms. The largest absolute Gasteiger partial charge is 0.381 e. The predicted molar refractivity (Wildman–Crippen MR) is 37.2 cm³/mol. The maximum absolute atomic E-state index is 5.26. The maximum atomic E-state index is 5.26. The molecule has 3 radical (unpaired) electrons. The first-order chi connectivity index (χ1) is 2.91. The van der Waals surface area contributed by atoms with Crippen LogP contribution in [0.4, 0.5) is 0 Å². The number of hydrogen-bond donors (Lipinski definition) is 0. The Kier molecular flexibility index (Phi) is 15.2. The van der Waals surface area contributed by atoms with Gasteiger partial charge in [-0.25, -0.2) is 0 Å². The fourth-order valence-electron chi connectivity index (χ4n) is 0.199. The van der Waals surface area contributed by atoms with E-state index in [4.69, 9.17) is 16.3 Å². The van der Waals surface area contributed by atoms with Crippen LogP contribution in [0.3, 0.4) is 0 Å². The van der Waals surface area contributed by atoms with Crippen LogP contribution in [0.1, 0.15) is 9.78 Å². The van der Waals surface area contributed by atoms with Gasteiger partial charge in [0.25, 0.3) is 0 Å². The fraction of sp³-hybridized carbons (Fsp3) is 1.00. The van der Waals surface area contributed by atoms with Crippen molar-refractivity contribution in [3.63, 3.8) is 0 Å². The summed E-state index contributed by atoms with van der Waals surface area (Å²) in [5.74, 6) is 0.605. The number of ether oxygens (including phenoxy) is 1. The van der Waals surface area contributed by atoms with Crippen molar-refractivity contribution < 1.29 is 7.59 Å². The average Bonchev–Trinajstić information content (AvgIpc) is 1.61. The quantitative estimate of drug-likeness (QED) is 0.326. The molecule has 0 aliphatic rings. The van der Waals surface area contributed by atoms with Crippen molar-refractivity contribution in [2.24, 2.45) is 0 Å². The summed E-state index contributed by atoms with van der Waals surface area (Å²) in [7, 11) is 0. The van der Waals surface area contributed by atoms with Crippen LogP contribution >= 0.6 is 11.6 Å². The molecule has 0 aliphatic carbocycles. The molecule has 0 aromatic rings. The number of halogens is 1. The molecule has 0 N–H and O–H groups in total. The van der Waals surface area contributed by atoms with Crippen molar-refractivity contribution in [1.82, 2.24) is 0 Å². The second kappa shape index (κ2) is 9.92. The first kappa shape index (κ1) is 10.7. The molecule has 45 valence electrons. The molecule has 1 nitrogen and oxygen atoms in total. The lowest BCUT2D eigenvalue weighted by atomic mass is 10.8. The molecule has 0 amide bonds. The molecule has 0 bridgehead atoms. The molecule has 0 unspecified atom stereocenters. The van der Waals surface area contributed by atoms with E-state index in [9.17, 15) is 0 Å². The van der Waals surface area contributed by atoms with E-state index in [2.05, 4.69) is 0 Å². The number of hydrogen-bond acceptors (Lipinski definition) is 1. The lowest BCUT2D eigenvalue weighted by Gasteiger charge is -1.90. The molecule has 0 heterocycles. The summed E-state index contributed by atoms with van der Waals surface area (Å²) in [6.07, 6.45) is 0.